The van der Waals surface area contributed by atoms with Crippen molar-refractivity contribution in [2.75, 3.05) is 19.6 Å². The molecule has 1 aliphatic carbocycles. The van der Waals surface area contributed by atoms with Crippen LogP contribution in [0, 0.1) is 6.92 Å². The number of rotatable bonds is 5. The number of benzene rings is 2. The van der Waals surface area contributed by atoms with Gasteiger partial charge in [0.1, 0.15) is 0 Å². The van der Waals surface area contributed by atoms with Crippen molar-refractivity contribution in [3.8, 4) is 0 Å². The fraction of sp³-hybridized carbons (Fsp3) is 0.455. The number of fused-ring (bicyclic) bond motifs is 2. The molecule has 0 aromatic heterocycles. The lowest BCUT2D eigenvalue weighted by Gasteiger charge is -2.28. The molecule has 2 aliphatic rings. The van der Waals surface area contributed by atoms with Gasteiger partial charge in [-0.2, -0.15) is 0 Å². The Morgan fingerprint density at radius 3 is 2.84 bits per heavy atom. The van der Waals surface area contributed by atoms with E-state index in [-0.39, 0.29) is 0 Å². The Balaban J connectivity index is 1.27. The van der Waals surface area contributed by atoms with Gasteiger partial charge in [-0.15, -0.1) is 0 Å². The van der Waals surface area contributed by atoms with Crippen LogP contribution in [-0.4, -0.2) is 24.5 Å². The van der Waals surface area contributed by atoms with Gasteiger partial charge in [0.25, 0.3) is 0 Å². The average Bonchev–Trinajstić information content (AvgIpc) is 3.07. The summed E-state index contributed by atoms with van der Waals surface area (Å²) in [5.74, 6) is 0. The van der Waals surface area contributed by atoms with E-state index in [4.69, 9.17) is 0 Å². The van der Waals surface area contributed by atoms with Crippen molar-refractivity contribution in [1.29, 1.82) is 0 Å². The van der Waals surface area contributed by atoms with Gasteiger partial charge in [-0.3, -0.25) is 4.90 Å². The molecule has 1 unspecified atom stereocenters. The van der Waals surface area contributed by atoms with Crippen LogP contribution in [0.15, 0.2) is 40.9 Å². The Hall–Kier alpha value is -1.16. The molecule has 0 fully saturated rings. The maximum Gasteiger partial charge on any atom is 0.0337 e. The second-order valence-corrected chi connectivity index (χ2v) is 8.30. The van der Waals surface area contributed by atoms with E-state index in [0.717, 1.165) is 13.1 Å². The molecule has 1 atom stereocenters. The highest BCUT2D eigenvalue weighted by atomic mass is 79.9. The summed E-state index contributed by atoms with van der Waals surface area (Å²) in [5, 5.41) is 3.81. The van der Waals surface area contributed by atoms with E-state index >= 15 is 0 Å². The molecule has 1 aliphatic heterocycles. The molecule has 0 spiro atoms. The molecule has 1 heterocycles. The normalized spacial score (nSPS) is 19.7. The Morgan fingerprint density at radius 2 is 1.96 bits per heavy atom. The highest BCUT2D eigenvalue weighted by molar-refractivity contribution is 9.10. The van der Waals surface area contributed by atoms with Gasteiger partial charge >= 0.3 is 0 Å². The van der Waals surface area contributed by atoms with Gasteiger partial charge < -0.3 is 5.32 Å². The summed E-state index contributed by atoms with van der Waals surface area (Å²) in [6.45, 7) is 6.85. The summed E-state index contributed by atoms with van der Waals surface area (Å²) in [7, 11) is 0. The van der Waals surface area contributed by atoms with Crippen LogP contribution in [0.25, 0.3) is 0 Å². The Morgan fingerprint density at radius 1 is 1.12 bits per heavy atom. The highest BCUT2D eigenvalue weighted by Gasteiger charge is 2.25. The van der Waals surface area contributed by atoms with Gasteiger partial charge in [0, 0.05) is 23.6 Å². The largest absolute Gasteiger partial charge is 0.310 e. The zero-order valence-corrected chi connectivity index (χ0v) is 16.6. The van der Waals surface area contributed by atoms with E-state index in [2.05, 4.69) is 69.5 Å². The van der Waals surface area contributed by atoms with Crippen molar-refractivity contribution in [3.05, 3.63) is 68.7 Å². The standard InChI is InChI=1S/C22H27BrN2/c1-16-7-9-20(23)22-19(16)8-10-21(22)24-12-4-13-25-14-11-17-5-2-3-6-18(17)15-25/h2-3,5-7,9,21,24H,4,8,10-15H2,1H3. The maximum atomic E-state index is 3.81. The molecule has 2 aromatic carbocycles. The summed E-state index contributed by atoms with van der Waals surface area (Å²) < 4.78 is 1.27. The molecule has 4 rings (SSSR count). The molecular formula is C22H27BrN2. The number of aryl methyl sites for hydroxylation is 1. The molecule has 3 heteroatoms. The van der Waals surface area contributed by atoms with E-state index < -0.39 is 0 Å². The first-order chi connectivity index (χ1) is 12.2. The number of halogens is 1. The van der Waals surface area contributed by atoms with Crippen molar-refractivity contribution < 1.29 is 0 Å². The van der Waals surface area contributed by atoms with Crippen LogP contribution in [0.4, 0.5) is 0 Å². The Bertz CT molecular complexity index is 756. The minimum atomic E-state index is 0.520. The summed E-state index contributed by atoms with van der Waals surface area (Å²) in [5.41, 5.74) is 7.56. The molecule has 2 aromatic rings. The quantitative estimate of drug-likeness (QED) is 0.728. The summed E-state index contributed by atoms with van der Waals surface area (Å²) in [4.78, 5) is 2.60. The van der Waals surface area contributed by atoms with Gasteiger partial charge in [-0.25, -0.2) is 0 Å². The van der Waals surface area contributed by atoms with E-state index in [1.54, 1.807) is 11.1 Å². The fourth-order valence-corrected chi connectivity index (χ4v) is 5.06. The van der Waals surface area contributed by atoms with Crippen LogP contribution < -0.4 is 5.32 Å². The summed E-state index contributed by atoms with van der Waals surface area (Å²) in [6, 6.07) is 13.9. The van der Waals surface area contributed by atoms with Gasteiger partial charge in [-0.05, 0) is 79.6 Å². The lowest BCUT2D eigenvalue weighted by atomic mass is 10.00. The molecule has 0 bridgehead atoms. The van der Waals surface area contributed by atoms with Gasteiger partial charge in [0.2, 0.25) is 0 Å². The monoisotopic (exact) mass is 398 g/mol. The number of hydrogen-bond acceptors (Lipinski definition) is 2. The predicted molar refractivity (Wildman–Crippen MR) is 108 cm³/mol. The van der Waals surface area contributed by atoms with E-state index in [9.17, 15) is 0 Å². The van der Waals surface area contributed by atoms with Crippen LogP contribution in [0.3, 0.4) is 0 Å². The van der Waals surface area contributed by atoms with Crippen LogP contribution in [0.2, 0.25) is 0 Å². The first kappa shape index (κ1) is 17.3. The van der Waals surface area contributed by atoms with E-state index in [0.29, 0.717) is 6.04 Å². The molecule has 25 heavy (non-hydrogen) atoms. The van der Waals surface area contributed by atoms with E-state index in [1.165, 1.54) is 59.9 Å². The molecular weight excluding hydrogens is 372 g/mol. The summed E-state index contributed by atoms with van der Waals surface area (Å²) in [6.07, 6.45) is 4.86. The zero-order chi connectivity index (χ0) is 17.2. The highest BCUT2D eigenvalue weighted by Crippen LogP contribution is 2.38. The zero-order valence-electron chi connectivity index (χ0n) is 15.0. The predicted octanol–water partition coefficient (Wildman–Crippen LogP) is 4.78. The van der Waals surface area contributed by atoms with Crippen molar-refractivity contribution in [1.82, 2.24) is 10.2 Å². The second-order valence-electron chi connectivity index (χ2n) is 7.45. The molecule has 2 nitrogen and oxygen atoms in total. The van der Waals surface area contributed by atoms with Gasteiger partial charge in [0.05, 0.1) is 0 Å². The molecule has 1 N–H and O–H groups in total. The Kier molecular flexibility index (Phi) is 5.25. The SMILES string of the molecule is Cc1ccc(Br)c2c1CCC2NCCCN1CCc2ccccc2C1. The minimum Gasteiger partial charge on any atom is -0.310 e. The molecule has 0 saturated heterocycles. The molecule has 0 radical (unpaired) electrons. The number of hydrogen-bond donors (Lipinski definition) is 1. The fourth-order valence-electron chi connectivity index (χ4n) is 4.41. The lowest BCUT2D eigenvalue weighted by Crippen LogP contribution is -2.33. The lowest BCUT2D eigenvalue weighted by molar-refractivity contribution is 0.248. The van der Waals surface area contributed by atoms with Crippen molar-refractivity contribution in [2.24, 2.45) is 0 Å². The third kappa shape index (κ3) is 3.69. The van der Waals surface area contributed by atoms with Crippen LogP contribution >= 0.6 is 15.9 Å². The first-order valence-corrected chi connectivity index (χ1v) is 10.3. The third-order valence-corrected chi connectivity index (χ3v) is 6.51. The summed E-state index contributed by atoms with van der Waals surface area (Å²) >= 11 is 3.76. The van der Waals surface area contributed by atoms with Crippen LogP contribution in [-0.2, 0) is 19.4 Å². The van der Waals surface area contributed by atoms with Crippen molar-refractivity contribution in [2.45, 2.75) is 45.2 Å². The third-order valence-electron chi connectivity index (χ3n) is 5.82. The number of nitrogens with one attached hydrogen (secondary N) is 1. The van der Waals surface area contributed by atoms with Gasteiger partial charge in [-0.1, -0.05) is 46.3 Å². The molecule has 132 valence electrons. The van der Waals surface area contributed by atoms with E-state index in [1.807, 2.05) is 0 Å². The van der Waals surface area contributed by atoms with Crippen LogP contribution in [0.5, 0.6) is 0 Å². The molecule has 0 saturated carbocycles. The Labute approximate surface area is 159 Å². The molecule has 0 amide bonds. The van der Waals surface area contributed by atoms with Crippen molar-refractivity contribution in [3.63, 3.8) is 0 Å². The smallest absolute Gasteiger partial charge is 0.0337 e. The first-order valence-electron chi connectivity index (χ1n) is 9.53. The second kappa shape index (κ2) is 7.61. The minimum absolute atomic E-state index is 0.520. The maximum absolute atomic E-state index is 3.81. The van der Waals surface area contributed by atoms with Crippen molar-refractivity contribution >= 4 is 15.9 Å². The number of nitrogens with zero attached hydrogens (tertiary/aromatic N) is 1. The topological polar surface area (TPSA) is 15.3 Å². The van der Waals surface area contributed by atoms with Crippen LogP contribution in [0.1, 0.15) is 46.7 Å². The average molecular weight is 399 g/mol. The van der Waals surface area contributed by atoms with Gasteiger partial charge in [0.15, 0.2) is 0 Å².